The molecule has 6 heteroatoms. The van der Waals surface area contributed by atoms with Gasteiger partial charge in [0.05, 0.1) is 10.2 Å². The van der Waals surface area contributed by atoms with E-state index < -0.39 is 18.7 Å². The minimum atomic E-state index is -2.71. The van der Waals surface area contributed by atoms with Crippen molar-refractivity contribution in [3.63, 3.8) is 0 Å². The van der Waals surface area contributed by atoms with Gasteiger partial charge in [0, 0.05) is 5.56 Å². The Morgan fingerprint density at radius 2 is 2.23 bits per heavy atom. The lowest BCUT2D eigenvalue weighted by molar-refractivity contribution is 0.141. The van der Waals surface area contributed by atoms with E-state index in [4.69, 9.17) is 16.7 Å². The largest absolute Gasteiger partial charge is 0.392 e. The molecule has 13 heavy (non-hydrogen) atoms. The van der Waals surface area contributed by atoms with E-state index in [1.807, 2.05) is 22.6 Å². The van der Waals surface area contributed by atoms with Crippen molar-refractivity contribution in [3.05, 3.63) is 26.0 Å². The minimum absolute atomic E-state index is 0.0353. The number of hydrogen-bond donors (Lipinski definition) is 1. The third-order valence-corrected chi connectivity index (χ3v) is 2.85. The normalized spacial score (nSPS) is 10.9. The van der Waals surface area contributed by atoms with Crippen molar-refractivity contribution >= 4 is 34.2 Å². The quantitative estimate of drug-likeness (QED) is 0.672. The van der Waals surface area contributed by atoms with Gasteiger partial charge < -0.3 is 5.11 Å². The van der Waals surface area contributed by atoms with Crippen LogP contribution in [0.1, 0.15) is 17.7 Å². The molecule has 1 aromatic rings. The summed E-state index contributed by atoms with van der Waals surface area (Å²) < 4.78 is 25.1. The zero-order valence-electron chi connectivity index (χ0n) is 6.27. The van der Waals surface area contributed by atoms with E-state index in [9.17, 15) is 8.78 Å². The molecule has 0 bridgehead atoms. The first kappa shape index (κ1) is 11.1. The highest BCUT2D eigenvalue weighted by molar-refractivity contribution is 14.1. The molecule has 0 aliphatic carbocycles. The van der Waals surface area contributed by atoms with E-state index in [1.54, 1.807) is 0 Å². The van der Waals surface area contributed by atoms with E-state index in [0.717, 1.165) is 0 Å². The number of pyridine rings is 1. The van der Waals surface area contributed by atoms with Gasteiger partial charge in [0.2, 0.25) is 0 Å². The second-order valence-electron chi connectivity index (χ2n) is 2.26. The molecule has 1 heterocycles. The van der Waals surface area contributed by atoms with Gasteiger partial charge in [-0.3, -0.25) is 0 Å². The van der Waals surface area contributed by atoms with Crippen LogP contribution >= 0.6 is 34.2 Å². The Kier molecular flexibility index (Phi) is 3.81. The van der Waals surface area contributed by atoms with Gasteiger partial charge in [-0.15, -0.1) is 0 Å². The molecule has 0 radical (unpaired) electrons. The molecular formula is C7H5ClF2INO. The Bertz CT molecular complexity index is 322. The first-order valence-electron chi connectivity index (χ1n) is 3.30. The monoisotopic (exact) mass is 319 g/mol. The lowest BCUT2D eigenvalue weighted by Gasteiger charge is -2.06. The van der Waals surface area contributed by atoms with Gasteiger partial charge in [0.1, 0.15) is 10.8 Å². The lowest BCUT2D eigenvalue weighted by Crippen LogP contribution is -2.00. The molecule has 0 unspecified atom stereocenters. The topological polar surface area (TPSA) is 33.1 Å². The van der Waals surface area contributed by atoms with Crippen molar-refractivity contribution in [2.75, 3.05) is 0 Å². The summed E-state index contributed by atoms with van der Waals surface area (Å²) in [5.74, 6) is 0. The predicted molar refractivity (Wildman–Crippen MR) is 52.8 cm³/mol. The molecule has 0 saturated carbocycles. The molecule has 0 saturated heterocycles. The van der Waals surface area contributed by atoms with Crippen molar-refractivity contribution in [1.82, 2.24) is 4.98 Å². The number of nitrogens with zero attached hydrogens (tertiary/aromatic N) is 1. The van der Waals surface area contributed by atoms with Crippen LogP contribution in [-0.2, 0) is 6.61 Å². The van der Waals surface area contributed by atoms with Crippen molar-refractivity contribution in [2.45, 2.75) is 13.0 Å². The molecule has 1 aromatic heterocycles. The molecule has 0 aliphatic rings. The van der Waals surface area contributed by atoms with Crippen LogP contribution in [0.3, 0.4) is 0 Å². The number of aliphatic hydroxyl groups excluding tert-OH is 1. The number of aliphatic hydroxyl groups is 1. The molecule has 0 aromatic carbocycles. The van der Waals surface area contributed by atoms with Gasteiger partial charge >= 0.3 is 0 Å². The van der Waals surface area contributed by atoms with Gasteiger partial charge in [0.15, 0.2) is 0 Å². The van der Waals surface area contributed by atoms with Gasteiger partial charge in [0.25, 0.3) is 6.43 Å². The molecule has 0 fully saturated rings. The summed E-state index contributed by atoms with van der Waals surface area (Å²) in [6, 6.07) is 1.40. The van der Waals surface area contributed by atoms with Gasteiger partial charge in [-0.1, -0.05) is 11.6 Å². The van der Waals surface area contributed by atoms with Crippen LogP contribution in [0.5, 0.6) is 0 Å². The summed E-state index contributed by atoms with van der Waals surface area (Å²) in [7, 11) is 0. The summed E-state index contributed by atoms with van der Waals surface area (Å²) >= 11 is 7.42. The van der Waals surface area contributed by atoms with Crippen molar-refractivity contribution in [2.24, 2.45) is 0 Å². The molecule has 72 valence electrons. The summed E-state index contributed by atoms with van der Waals surface area (Å²) in [6.45, 7) is -0.458. The molecule has 1 N–H and O–H groups in total. The average molecular weight is 319 g/mol. The molecule has 0 aliphatic heterocycles. The molecule has 2 nitrogen and oxygen atoms in total. The van der Waals surface area contributed by atoms with Crippen LogP contribution in [0, 0.1) is 3.57 Å². The van der Waals surface area contributed by atoms with Crippen molar-refractivity contribution < 1.29 is 13.9 Å². The third kappa shape index (κ3) is 2.47. The highest BCUT2D eigenvalue weighted by Gasteiger charge is 2.16. The maximum absolute atomic E-state index is 12.3. The summed E-state index contributed by atoms with van der Waals surface area (Å²) in [5, 5.41) is 8.80. The van der Waals surface area contributed by atoms with E-state index in [1.165, 1.54) is 6.07 Å². The lowest BCUT2D eigenvalue weighted by atomic mass is 10.2. The second kappa shape index (κ2) is 4.47. The molecule has 1 rings (SSSR count). The summed E-state index contributed by atoms with van der Waals surface area (Å²) in [4.78, 5) is 3.49. The summed E-state index contributed by atoms with van der Waals surface area (Å²) in [5.41, 5.74) is -0.336. The summed E-state index contributed by atoms with van der Waals surface area (Å²) in [6.07, 6.45) is -2.71. The Morgan fingerprint density at radius 3 is 2.69 bits per heavy atom. The smallest absolute Gasteiger partial charge is 0.280 e. The number of halogens is 4. The highest BCUT2D eigenvalue weighted by atomic mass is 127. The SMILES string of the molecule is OCc1cc(I)c(Cl)nc1C(F)F. The number of hydrogen-bond acceptors (Lipinski definition) is 2. The highest BCUT2D eigenvalue weighted by Crippen LogP contribution is 2.26. The molecule has 0 spiro atoms. The Labute approximate surface area is 92.1 Å². The number of rotatable bonds is 2. The van der Waals surface area contributed by atoms with E-state index in [0.29, 0.717) is 3.57 Å². The fourth-order valence-corrected chi connectivity index (χ4v) is 1.48. The van der Waals surface area contributed by atoms with Gasteiger partial charge in [-0.05, 0) is 28.7 Å². The van der Waals surface area contributed by atoms with Gasteiger partial charge in [-0.2, -0.15) is 0 Å². The molecular weight excluding hydrogens is 314 g/mol. The maximum atomic E-state index is 12.3. The Balaban J connectivity index is 3.25. The average Bonchev–Trinajstić information content (AvgIpc) is 2.08. The van der Waals surface area contributed by atoms with Crippen molar-refractivity contribution in [3.8, 4) is 0 Å². The van der Waals surface area contributed by atoms with Crippen LogP contribution in [0.15, 0.2) is 6.07 Å². The predicted octanol–water partition coefficient (Wildman–Crippen LogP) is 2.77. The first-order chi connectivity index (χ1) is 6.06. The Morgan fingerprint density at radius 1 is 1.62 bits per heavy atom. The zero-order valence-corrected chi connectivity index (χ0v) is 9.18. The van der Waals surface area contributed by atoms with Crippen LogP contribution in [0.2, 0.25) is 5.15 Å². The van der Waals surface area contributed by atoms with Crippen LogP contribution < -0.4 is 0 Å². The van der Waals surface area contributed by atoms with Gasteiger partial charge in [-0.25, -0.2) is 13.8 Å². The fraction of sp³-hybridized carbons (Fsp3) is 0.286. The van der Waals surface area contributed by atoms with Crippen LogP contribution in [0.4, 0.5) is 8.78 Å². The van der Waals surface area contributed by atoms with Crippen LogP contribution in [-0.4, -0.2) is 10.1 Å². The minimum Gasteiger partial charge on any atom is -0.392 e. The Hall–Kier alpha value is -0.0100. The molecule has 0 amide bonds. The van der Waals surface area contributed by atoms with E-state index in [-0.39, 0.29) is 10.7 Å². The molecule has 0 atom stereocenters. The maximum Gasteiger partial charge on any atom is 0.280 e. The fourth-order valence-electron chi connectivity index (χ4n) is 0.833. The number of alkyl halides is 2. The van der Waals surface area contributed by atoms with E-state index in [2.05, 4.69) is 4.98 Å². The second-order valence-corrected chi connectivity index (χ2v) is 3.78. The third-order valence-electron chi connectivity index (χ3n) is 1.42. The zero-order chi connectivity index (χ0) is 10.0. The van der Waals surface area contributed by atoms with Crippen molar-refractivity contribution in [1.29, 1.82) is 0 Å². The van der Waals surface area contributed by atoms with E-state index >= 15 is 0 Å². The first-order valence-corrected chi connectivity index (χ1v) is 4.75. The van der Waals surface area contributed by atoms with Crippen LogP contribution in [0.25, 0.3) is 0 Å². The standard InChI is InChI=1S/C7H5ClF2INO/c8-6-4(11)1-3(2-13)5(12-6)7(9)10/h1,7,13H,2H2. The number of aromatic nitrogens is 1.